The zero-order valence-electron chi connectivity index (χ0n) is 3.41. The third-order valence-electron chi connectivity index (χ3n) is 0.375. The van der Waals surface area contributed by atoms with Crippen molar-refractivity contribution in [2.75, 3.05) is 0 Å². The minimum atomic E-state index is -0.151. The van der Waals surface area contributed by atoms with E-state index in [0.29, 0.717) is 0 Å². The first-order valence-electron chi connectivity index (χ1n) is 1.81. The van der Waals surface area contributed by atoms with Gasteiger partial charge in [-0.05, 0) is 6.42 Å². The molecule has 0 aliphatic heterocycles. The van der Waals surface area contributed by atoms with Crippen LogP contribution in [-0.2, 0) is 0 Å². The lowest BCUT2D eigenvalue weighted by Gasteiger charge is -1.66. The Morgan fingerprint density at radius 3 is 2.60 bits per heavy atom. The molecule has 0 fully saturated rings. The molecular weight excluding hydrogens is 76.1 g/mol. The first kappa shape index (κ1) is 4.78. The van der Waals surface area contributed by atoms with Crippen LogP contribution in [0.4, 0.5) is 0 Å². The smallest absolute Gasteiger partial charge is 0.108 e. The molecule has 0 rings (SSSR count). The van der Waals surface area contributed by atoms with Gasteiger partial charge in [-0.15, -0.1) is 5.54 Å². The van der Waals surface area contributed by atoms with Crippen molar-refractivity contribution in [1.82, 2.24) is 0 Å². The van der Waals surface area contributed by atoms with Gasteiger partial charge in [0.25, 0.3) is 0 Å². The van der Waals surface area contributed by atoms with Crippen LogP contribution >= 0.6 is 0 Å². The van der Waals surface area contributed by atoms with Crippen LogP contribution in [0.2, 0.25) is 6.04 Å². The van der Waals surface area contributed by atoms with Crippen molar-refractivity contribution in [1.29, 1.82) is 0 Å². The largest absolute Gasteiger partial charge is 0.126 e. The van der Waals surface area contributed by atoms with Crippen LogP contribution in [0.15, 0.2) is 0 Å². The molecule has 0 heterocycles. The molecule has 0 bridgehead atoms. The van der Waals surface area contributed by atoms with E-state index in [1.54, 1.807) is 0 Å². The van der Waals surface area contributed by atoms with Gasteiger partial charge in [0.15, 0.2) is 0 Å². The predicted octanol–water partition coefficient (Wildman–Crippen LogP) is 0.141. The predicted molar refractivity (Wildman–Crippen MR) is 26.2 cm³/mol. The molecular formula is C4H7Si. The highest BCUT2D eigenvalue weighted by Crippen LogP contribution is 1.64. The van der Waals surface area contributed by atoms with Crippen molar-refractivity contribution < 1.29 is 0 Å². The van der Waals surface area contributed by atoms with E-state index in [4.69, 9.17) is 6.42 Å². The van der Waals surface area contributed by atoms with Gasteiger partial charge in [0, 0.05) is 0 Å². The Labute approximate surface area is 35.4 Å². The number of rotatable bonds is 1. The fraction of sp³-hybridized carbons (Fsp3) is 0.500. The summed E-state index contributed by atoms with van der Waals surface area (Å²) < 4.78 is 0. The van der Waals surface area contributed by atoms with E-state index < -0.39 is 0 Å². The zero-order valence-corrected chi connectivity index (χ0v) is 4.83. The topological polar surface area (TPSA) is 0 Å². The average molecular weight is 83.2 g/mol. The van der Waals surface area contributed by atoms with Crippen molar-refractivity contribution >= 4 is 9.52 Å². The lowest BCUT2D eigenvalue weighted by atomic mass is 11.0. The normalized spacial score (nSPS) is 8.80. The summed E-state index contributed by atoms with van der Waals surface area (Å²) in [4.78, 5) is 0. The standard InChI is InChI=1S/C4H7Si/c1-3-5-4-2/h3,5H2,1H3. The number of hydrogen-bond donors (Lipinski definition) is 0. The summed E-state index contributed by atoms with van der Waals surface area (Å²) in [6.45, 7) is 2.09. The van der Waals surface area contributed by atoms with Crippen molar-refractivity contribution in [3.63, 3.8) is 0 Å². The highest BCUT2D eigenvalue weighted by Gasteiger charge is 1.64. The quantitative estimate of drug-likeness (QED) is 0.312. The molecule has 0 saturated heterocycles. The first-order valence-corrected chi connectivity index (χ1v) is 3.52. The third kappa shape index (κ3) is 3.78. The van der Waals surface area contributed by atoms with Crippen LogP contribution < -0.4 is 0 Å². The van der Waals surface area contributed by atoms with Gasteiger partial charge in [0.1, 0.15) is 9.52 Å². The van der Waals surface area contributed by atoms with Crippen molar-refractivity contribution in [3.8, 4) is 5.54 Å². The number of hydrogen-bond acceptors (Lipinski definition) is 0. The molecule has 0 amide bonds. The second-order valence-corrected chi connectivity index (χ2v) is 2.78. The molecule has 0 atom stereocenters. The van der Waals surface area contributed by atoms with Gasteiger partial charge >= 0.3 is 0 Å². The van der Waals surface area contributed by atoms with E-state index in [0.717, 1.165) is 0 Å². The summed E-state index contributed by atoms with van der Waals surface area (Å²) in [7, 11) is -0.151. The molecule has 0 aromatic rings. The molecule has 5 heavy (non-hydrogen) atoms. The van der Waals surface area contributed by atoms with Gasteiger partial charge in [-0.25, -0.2) is 0 Å². The Balaban J connectivity index is 2.48. The second-order valence-electron chi connectivity index (χ2n) is 0.927. The van der Waals surface area contributed by atoms with Gasteiger partial charge in [0.05, 0.1) is 0 Å². The van der Waals surface area contributed by atoms with E-state index in [2.05, 4.69) is 12.5 Å². The SMILES string of the molecule is [C]#C[SiH2]CC. The molecule has 1 radical (unpaired) electrons. The summed E-state index contributed by atoms with van der Waals surface area (Å²) in [5.74, 6) is 0. The Morgan fingerprint density at radius 2 is 2.60 bits per heavy atom. The zero-order chi connectivity index (χ0) is 4.12. The van der Waals surface area contributed by atoms with Gasteiger partial charge in [-0.2, -0.15) is 0 Å². The van der Waals surface area contributed by atoms with Gasteiger partial charge in [0.2, 0.25) is 0 Å². The minimum Gasteiger partial charge on any atom is -0.126 e. The lowest BCUT2D eigenvalue weighted by Crippen LogP contribution is -1.73. The maximum absolute atomic E-state index is 6.41. The fourth-order valence-electron chi connectivity index (χ4n) is 0.125. The third-order valence-corrected chi connectivity index (χ3v) is 1.12. The molecule has 0 saturated carbocycles. The first-order chi connectivity index (χ1) is 2.41. The van der Waals surface area contributed by atoms with Crippen LogP contribution in [0.1, 0.15) is 6.92 Å². The molecule has 0 N–H and O–H groups in total. The van der Waals surface area contributed by atoms with Crippen LogP contribution in [0.3, 0.4) is 0 Å². The molecule has 0 spiro atoms. The molecule has 0 unspecified atom stereocenters. The van der Waals surface area contributed by atoms with Gasteiger partial charge < -0.3 is 0 Å². The molecule has 0 aliphatic rings. The van der Waals surface area contributed by atoms with Crippen LogP contribution in [0.25, 0.3) is 0 Å². The Hall–Kier alpha value is -0.223. The summed E-state index contributed by atoms with van der Waals surface area (Å²) in [6, 6.07) is 1.18. The highest BCUT2D eigenvalue weighted by atomic mass is 28.2. The lowest BCUT2D eigenvalue weighted by molar-refractivity contribution is 1.47. The highest BCUT2D eigenvalue weighted by molar-refractivity contribution is 6.45. The van der Waals surface area contributed by atoms with E-state index in [1.807, 2.05) is 0 Å². The van der Waals surface area contributed by atoms with Gasteiger partial charge in [-0.1, -0.05) is 13.0 Å². The Bertz CT molecular complexity index is 42.1. The van der Waals surface area contributed by atoms with E-state index in [-0.39, 0.29) is 9.52 Å². The summed E-state index contributed by atoms with van der Waals surface area (Å²) in [5.41, 5.74) is 2.41. The molecule has 0 aromatic heterocycles. The van der Waals surface area contributed by atoms with Crippen molar-refractivity contribution in [2.45, 2.75) is 13.0 Å². The van der Waals surface area contributed by atoms with E-state index in [9.17, 15) is 0 Å². The van der Waals surface area contributed by atoms with Crippen LogP contribution in [0, 0.1) is 12.0 Å². The van der Waals surface area contributed by atoms with Crippen LogP contribution in [0.5, 0.6) is 0 Å². The monoisotopic (exact) mass is 83.0 g/mol. The molecule has 0 aliphatic carbocycles. The summed E-state index contributed by atoms with van der Waals surface area (Å²) >= 11 is 0. The van der Waals surface area contributed by atoms with Crippen molar-refractivity contribution in [3.05, 3.63) is 6.42 Å². The van der Waals surface area contributed by atoms with Crippen LogP contribution in [-0.4, -0.2) is 9.52 Å². The molecule has 1 heteroatoms. The Kier molecular flexibility index (Phi) is 3.61. The molecule has 0 nitrogen and oxygen atoms in total. The summed E-state index contributed by atoms with van der Waals surface area (Å²) in [5, 5.41) is 0. The second kappa shape index (κ2) is 3.78. The molecule has 0 aromatic carbocycles. The summed E-state index contributed by atoms with van der Waals surface area (Å²) in [6.07, 6.45) is 6.41. The minimum absolute atomic E-state index is 0.151. The average Bonchev–Trinajstić information content (AvgIpc) is 1.41. The fourth-order valence-corrected chi connectivity index (χ4v) is 0.375. The maximum atomic E-state index is 6.41. The molecule has 27 valence electrons. The van der Waals surface area contributed by atoms with E-state index >= 15 is 0 Å². The Morgan fingerprint density at radius 1 is 2.00 bits per heavy atom. The van der Waals surface area contributed by atoms with E-state index in [1.165, 1.54) is 6.04 Å². The van der Waals surface area contributed by atoms with Gasteiger partial charge in [-0.3, -0.25) is 0 Å². The van der Waals surface area contributed by atoms with Crippen molar-refractivity contribution in [2.24, 2.45) is 0 Å². The maximum Gasteiger partial charge on any atom is 0.108 e.